The first-order valence-corrected chi connectivity index (χ1v) is 3.25. The second-order valence-corrected chi connectivity index (χ2v) is 2.62. The molecule has 1 aromatic rings. The van der Waals surface area contributed by atoms with E-state index in [0.717, 1.165) is 5.56 Å². The third kappa shape index (κ3) is 1.68. The van der Waals surface area contributed by atoms with E-state index in [9.17, 15) is 0 Å². The number of hydrogen-bond donors (Lipinski definition) is 1. The predicted octanol–water partition coefficient (Wildman–Crippen LogP) is 1.47. The molecule has 0 fully saturated rings. The summed E-state index contributed by atoms with van der Waals surface area (Å²) in [6.45, 7) is 1.99. The molecule has 0 spiro atoms. The molecule has 0 aliphatic rings. The summed E-state index contributed by atoms with van der Waals surface area (Å²) < 4.78 is 0. The van der Waals surface area contributed by atoms with Gasteiger partial charge in [-0.15, -0.1) is 0 Å². The molecule has 1 unspecified atom stereocenters. The second kappa shape index (κ2) is 2.82. The minimum atomic E-state index is 0.228. The van der Waals surface area contributed by atoms with Crippen molar-refractivity contribution in [2.75, 3.05) is 0 Å². The van der Waals surface area contributed by atoms with E-state index in [1.165, 1.54) is 6.33 Å². The highest BCUT2D eigenvalue weighted by molar-refractivity contribution is 7.80. The lowest BCUT2D eigenvalue weighted by Gasteiger charge is -1.99. The quantitative estimate of drug-likeness (QED) is 0.598. The topological polar surface area (TPSA) is 25.8 Å². The van der Waals surface area contributed by atoms with Crippen LogP contribution < -0.4 is 0 Å². The summed E-state index contributed by atoms with van der Waals surface area (Å²) in [4.78, 5) is 7.69. The minimum absolute atomic E-state index is 0.228. The molecule has 48 valence electrons. The molecule has 2 nitrogen and oxygen atoms in total. The van der Waals surface area contributed by atoms with Gasteiger partial charge in [-0.1, -0.05) is 0 Å². The van der Waals surface area contributed by atoms with Gasteiger partial charge in [-0.3, -0.25) is 0 Å². The standard InChI is InChI=1S/C6H8N2S/c1-5(9)6-2-7-4-8-3-6/h2-5,9H,1H3. The molecule has 0 aliphatic carbocycles. The molecule has 0 bridgehead atoms. The normalized spacial score (nSPS) is 13.1. The monoisotopic (exact) mass is 140 g/mol. The first kappa shape index (κ1) is 6.55. The average Bonchev–Trinajstić information content (AvgIpc) is 1.90. The van der Waals surface area contributed by atoms with Gasteiger partial charge in [-0.05, 0) is 6.92 Å². The number of thiol groups is 1. The molecule has 3 heteroatoms. The maximum atomic E-state index is 4.21. The van der Waals surface area contributed by atoms with Crippen LogP contribution in [-0.4, -0.2) is 9.97 Å². The Balaban J connectivity index is 2.85. The molecule has 1 rings (SSSR count). The van der Waals surface area contributed by atoms with Gasteiger partial charge in [0.05, 0.1) is 0 Å². The summed E-state index contributed by atoms with van der Waals surface area (Å²) in [5.74, 6) is 0. The van der Waals surface area contributed by atoms with Gasteiger partial charge in [0.1, 0.15) is 6.33 Å². The van der Waals surface area contributed by atoms with E-state index in [1.807, 2.05) is 6.92 Å². The Hall–Kier alpha value is -0.570. The van der Waals surface area contributed by atoms with Gasteiger partial charge < -0.3 is 0 Å². The molecule has 0 N–H and O–H groups in total. The van der Waals surface area contributed by atoms with Crippen LogP contribution in [-0.2, 0) is 0 Å². The highest BCUT2D eigenvalue weighted by Crippen LogP contribution is 2.14. The zero-order valence-electron chi connectivity index (χ0n) is 5.15. The van der Waals surface area contributed by atoms with Gasteiger partial charge in [0.2, 0.25) is 0 Å². The van der Waals surface area contributed by atoms with Crippen LogP contribution in [0.1, 0.15) is 17.7 Å². The lowest BCUT2D eigenvalue weighted by atomic mass is 10.3. The first-order chi connectivity index (χ1) is 4.30. The fourth-order valence-electron chi connectivity index (χ4n) is 0.526. The molecule has 0 saturated heterocycles. The molecule has 0 saturated carbocycles. The molecular formula is C6H8N2S. The van der Waals surface area contributed by atoms with Crippen molar-refractivity contribution >= 4 is 12.6 Å². The van der Waals surface area contributed by atoms with Crippen molar-refractivity contribution in [1.82, 2.24) is 9.97 Å². The summed E-state index contributed by atoms with van der Waals surface area (Å²) >= 11 is 4.21. The molecule has 0 aliphatic heterocycles. The van der Waals surface area contributed by atoms with Gasteiger partial charge in [-0.25, -0.2) is 9.97 Å². The van der Waals surface area contributed by atoms with Gasteiger partial charge >= 0.3 is 0 Å². The molecule has 1 aromatic heterocycles. The third-order valence-electron chi connectivity index (χ3n) is 1.06. The van der Waals surface area contributed by atoms with Gasteiger partial charge in [0, 0.05) is 23.2 Å². The predicted molar refractivity (Wildman–Crippen MR) is 39.4 cm³/mol. The van der Waals surface area contributed by atoms with E-state index in [4.69, 9.17) is 0 Å². The molecule has 9 heavy (non-hydrogen) atoms. The molecule has 1 atom stereocenters. The maximum Gasteiger partial charge on any atom is 0.115 e. The Morgan fingerprint density at radius 2 is 2.00 bits per heavy atom. The number of rotatable bonds is 1. The van der Waals surface area contributed by atoms with Crippen molar-refractivity contribution in [1.29, 1.82) is 0 Å². The minimum Gasteiger partial charge on any atom is -0.245 e. The van der Waals surface area contributed by atoms with Gasteiger partial charge in [0.15, 0.2) is 0 Å². The van der Waals surface area contributed by atoms with Crippen molar-refractivity contribution in [3.05, 3.63) is 24.3 Å². The largest absolute Gasteiger partial charge is 0.245 e. The lowest BCUT2D eigenvalue weighted by Crippen LogP contribution is -1.86. The van der Waals surface area contributed by atoms with Crippen LogP contribution >= 0.6 is 12.6 Å². The number of nitrogens with zero attached hydrogens (tertiary/aromatic N) is 2. The Morgan fingerprint density at radius 1 is 1.44 bits per heavy atom. The third-order valence-corrected chi connectivity index (χ3v) is 1.36. The molecule has 0 aromatic carbocycles. The van der Waals surface area contributed by atoms with E-state index < -0.39 is 0 Å². The van der Waals surface area contributed by atoms with Crippen LogP contribution in [0.5, 0.6) is 0 Å². The Kier molecular flexibility index (Phi) is 2.05. The average molecular weight is 140 g/mol. The molecule has 0 radical (unpaired) electrons. The highest BCUT2D eigenvalue weighted by atomic mass is 32.1. The van der Waals surface area contributed by atoms with Crippen LogP contribution in [0.25, 0.3) is 0 Å². The summed E-state index contributed by atoms with van der Waals surface area (Å²) in [7, 11) is 0. The van der Waals surface area contributed by atoms with Crippen LogP contribution in [0.4, 0.5) is 0 Å². The van der Waals surface area contributed by atoms with Crippen LogP contribution in [0.2, 0.25) is 0 Å². The zero-order chi connectivity index (χ0) is 6.69. The lowest BCUT2D eigenvalue weighted by molar-refractivity contribution is 1.03. The second-order valence-electron chi connectivity index (χ2n) is 1.85. The fourth-order valence-corrected chi connectivity index (χ4v) is 0.660. The summed E-state index contributed by atoms with van der Waals surface area (Å²) in [6, 6.07) is 0. The van der Waals surface area contributed by atoms with E-state index in [1.54, 1.807) is 12.4 Å². The van der Waals surface area contributed by atoms with Gasteiger partial charge in [0.25, 0.3) is 0 Å². The molecule has 0 amide bonds. The van der Waals surface area contributed by atoms with Crippen molar-refractivity contribution < 1.29 is 0 Å². The van der Waals surface area contributed by atoms with Crippen molar-refractivity contribution in [3.63, 3.8) is 0 Å². The number of aromatic nitrogens is 2. The Labute approximate surface area is 59.8 Å². The first-order valence-electron chi connectivity index (χ1n) is 2.73. The zero-order valence-corrected chi connectivity index (χ0v) is 6.05. The number of hydrogen-bond acceptors (Lipinski definition) is 3. The van der Waals surface area contributed by atoms with Crippen molar-refractivity contribution in [2.24, 2.45) is 0 Å². The Bertz CT molecular complexity index is 174. The van der Waals surface area contributed by atoms with E-state index >= 15 is 0 Å². The summed E-state index contributed by atoms with van der Waals surface area (Å²) in [5.41, 5.74) is 1.06. The van der Waals surface area contributed by atoms with Crippen molar-refractivity contribution in [2.45, 2.75) is 12.2 Å². The summed E-state index contributed by atoms with van der Waals surface area (Å²) in [6.07, 6.45) is 5.05. The smallest absolute Gasteiger partial charge is 0.115 e. The van der Waals surface area contributed by atoms with E-state index in [0.29, 0.717) is 0 Å². The Morgan fingerprint density at radius 3 is 2.33 bits per heavy atom. The van der Waals surface area contributed by atoms with Crippen LogP contribution in [0, 0.1) is 0 Å². The van der Waals surface area contributed by atoms with Crippen molar-refractivity contribution in [3.8, 4) is 0 Å². The summed E-state index contributed by atoms with van der Waals surface area (Å²) in [5, 5.41) is 0.228. The molecular weight excluding hydrogens is 132 g/mol. The van der Waals surface area contributed by atoms with Crippen LogP contribution in [0.3, 0.4) is 0 Å². The highest BCUT2D eigenvalue weighted by Gasteiger charge is 1.96. The van der Waals surface area contributed by atoms with E-state index in [2.05, 4.69) is 22.6 Å². The van der Waals surface area contributed by atoms with Gasteiger partial charge in [-0.2, -0.15) is 12.6 Å². The molecule has 1 heterocycles. The SMILES string of the molecule is CC(S)c1cncnc1. The van der Waals surface area contributed by atoms with Crippen LogP contribution in [0.15, 0.2) is 18.7 Å². The van der Waals surface area contributed by atoms with E-state index in [-0.39, 0.29) is 5.25 Å². The maximum absolute atomic E-state index is 4.21. The fraction of sp³-hybridized carbons (Fsp3) is 0.333.